The van der Waals surface area contributed by atoms with E-state index in [-0.39, 0.29) is 5.75 Å². The molecule has 1 atom stereocenters. The summed E-state index contributed by atoms with van der Waals surface area (Å²) in [6.45, 7) is -3.16. The van der Waals surface area contributed by atoms with Gasteiger partial charge in [-0.2, -0.15) is 83.4 Å². The van der Waals surface area contributed by atoms with E-state index >= 15 is 0 Å². The van der Waals surface area contributed by atoms with Crippen LogP contribution in [0, 0.1) is 0 Å². The first-order valence-electron chi connectivity index (χ1n) is 16.1. The number of ether oxygens (including phenoxy) is 4. The first-order chi connectivity index (χ1) is 25.8. The number of alkyl halides is 19. The summed E-state index contributed by atoms with van der Waals surface area (Å²) in [5, 5.41) is 9.84. The maximum Gasteiger partial charge on any atom is 0.460 e. The lowest BCUT2D eigenvalue weighted by Gasteiger charge is -2.38. The van der Waals surface area contributed by atoms with Gasteiger partial charge in [0.2, 0.25) is 0 Å². The zero-order valence-corrected chi connectivity index (χ0v) is 28.8. The summed E-state index contributed by atoms with van der Waals surface area (Å²) in [5.41, 5.74) is 1.41. The molecule has 0 bridgehead atoms. The molecule has 0 unspecified atom stereocenters. The summed E-state index contributed by atoms with van der Waals surface area (Å²) in [5.74, 6) is -29.8. The highest BCUT2D eigenvalue weighted by molar-refractivity contribution is 5.55. The number of aliphatic hydroxyl groups is 1. The van der Waals surface area contributed by atoms with Crippen molar-refractivity contribution in [1.29, 1.82) is 0 Å². The average Bonchev–Trinajstić information content (AvgIpc) is 3.07. The maximum absolute atomic E-state index is 14.0. The minimum atomic E-state index is -8.22. The third kappa shape index (κ3) is 11.9. The number of nitrogens with zero attached hydrogens (tertiary/aromatic N) is 2. The number of halogens is 19. The molecule has 57 heavy (non-hydrogen) atoms. The van der Waals surface area contributed by atoms with Crippen LogP contribution in [0.1, 0.15) is 51.0 Å². The molecule has 2 aromatic rings. The molecule has 0 aliphatic rings. The van der Waals surface area contributed by atoms with Crippen molar-refractivity contribution >= 4 is 0 Å². The maximum atomic E-state index is 14.0. The molecule has 0 radical (unpaired) electrons. The number of aromatic nitrogens is 2. The second-order valence-electron chi connectivity index (χ2n) is 12.1. The van der Waals surface area contributed by atoms with Crippen molar-refractivity contribution in [3.05, 3.63) is 42.2 Å². The highest BCUT2D eigenvalue weighted by Gasteiger charge is 2.86. The van der Waals surface area contributed by atoms with E-state index in [9.17, 15) is 88.5 Å². The van der Waals surface area contributed by atoms with Crippen LogP contribution in [0.4, 0.5) is 83.4 Å². The number of hydrogen-bond donors (Lipinski definition) is 1. The van der Waals surface area contributed by atoms with Crippen molar-refractivity contribution in [1.82, 2.24) is 9.97 Å². The fourth-order valence-corrected chi connectivity index (χ4v) is 4.24. The molecule has 1 N–H and O–H groups in total. The largest absolute Gasteiger partial charge is 0.491 e. The normalized spacial score (nSPS) is 14.9. The van der Waals surface area contributed by atoms with Crippen molar-refractivity contribution in [3.8, 4) is 17.1 Å². The van der Waals surface area contributed by atoms with Crippen LogP contribution in [0.5, 0.6) is 5.75 Å². The van der Waals surface area contributed by atoms with Gasteiger partial charge in [0.15, 0.2) is 5.82 Å². The number of rotatable bonds is 24. The predicted molar refractivity (Wildman–Crippen MR) is 155 cm³/mol. The highest BCUT2D eigenvalue weighted by Crippen LogP contribution is 2.57. The number of benzene rings is 1. The van der Waals surface area contributed by atoms with Gasteiger partial charge >= 0.3 is 54.3 Å². The second kappa shape index (κ2) is 18.3. The van der Waals surface area contributed by atoms with Crippen LogP contribution in [0.2, 0.25) is 0 Å². The summed E-state index contributed by atoms with van der Waals surface area (Å²) in [7, 11) is 0. The lowest BCUT2D eigenvalue weighted by atomic mass is 10.1. The van der Waals surface area contributed by atoms with Gasteiger partial charge in [-0.1, -0.05) is 39.0 Å². The number of aliphatic hydroxyl groups excluding tert-OH is 1. The first kappa shape index (κ1) is 49.8. The van der Waals surface area contributed by atoms with E-state index in [1.165, 1.54) is 35.4 Å². The van der Waals surface area contributed by atoms with Crippen molar-refractivity contribution in [3.63, 3.8) is 0 Å². The van der Waals surface area contributed by atoms with Crippen LogP contribution in [-0.4, -0.2) is 95.3 Å². The SMILES string of the molecule is CCCCCCCCc1cnc(-c2ccc(OC[C@@H](O)COCC(F)(F)C(F)(F)C(F)(F)OC(F)(F)C(F)(F)OC(F)(F)C(F)(F)C(F)(F)C(F)(F)F)cc2)nc1. The van der Waals surface area contributed by atoms with Gasteiger partial charge in [-0.3, -0.25) is 0 Å². The van der Waals surface area contributed by atoms with Crippen LogP contribution in [0.15, 0.2) is 36.7 Å². The molecular weight excluding hydrogens is 841 g/mol. The summed E-state index contributed by atoms with van der Waals surface area (Å²) in [4.78, 5) is 8.54. The van der Waals surface area contributed by atoms with Gasteiger partial charge in [0, 0.05) is 18.0 Å². The molecule has 1 heterocycles. The van der Waals surface area contributed by atoms with E-state index in [0.717, 1.165) is 44.1 Å². The van der Waals surface area contributed by atoms with Gasteiger partial charge < -0.3 is 14.6 Å². The van der Waals surface area contributed by atoms with Gasteiger partial charge in [-0.25, -0.2) is 19.4 Å². The Labute approximate surface area is 309 Å². The quantitative estimate of drug-likeness (QED) is 0.0831. The lowest BCUT2D eigenvalue weighted by molar-refractivity contribution is -0.555. The Morgan fingerprint density at radius 3 is 1.54 bits per heavy atom. The Morgan fingerprint density at radius 2 is 1.05 bits per heavy atom. The Bertz CT molecular complexity index is 1540. The predicted octanol–water partition coefficient (Wildman–Crippen LogP) is 10.3. The molecule has 0 fully saturated rings. The van der Waals surface area contributed by atoms with Crippen LogP contribution in [0.3, 0.4) is 0 Å². The van der Waals surface area contributed by atoms with Gasteiger partial charge in [0.05, 0.1) is 6.61 Å². The molecular formula is C31H31F19N2O5. The van der Waals surface area contributed by atoms with Gasteiger partial charge in [0.1, 0.15) is 25.1 Å². The van der Waals surface area contributed by atoms with Crippen LogP contribution >= 0.6 is 0 Å². The molecule has 2 rings (SSSR count). The minimum absolute atomic E-state index is 0.00315. The van der Waals surface area contributed by atoms with Crippen LogP contribution in [0.25, 0.3) is 11.4 Å². The first-order valence-corrected chi connectivity index (χ1v) is 16.1. The number of aryl methyl sites for hydroxylation is 1. The average molecular weight is 873 g/mol. The van der Waals surface area contributed by atoms with E-state index in [2.05, 4.69) is 21.6 Å². The topological polar surface area (TPSA) is 82.9 Å². The minimum Gasteiger partial charge on any atom is -0.491 e. The third-order valence-corrected chi connectivity index (χ3v) is 7.47. The van der Waals surface area contributed by atoms with Gasteiger partial charge in [-0.15, -0.1) is 0 Å². The molecule has 0 amide bonds. The molecule has 328 valence electrons. The van der Waals surface area contributed by atoms with Crippen LogP contribution < -0.4 is 4.74 Å². The van der Waals surface area contributed by atoms with Crippen molar-refractivity contribution < 1.29 is 107 Å². The monoisotopic (exact) mass is 872 g/mol. The summed E-state index contributed by atoms with van der Waals surface area (Å²) in [6.07, 6.45) is -30.6. The highest BCUT2D eigenvalue weighted by atomic mass is 19.4. The van der Waals surface area contributed by atoms with E-state index in [0.29, 0.717) is 11.4 Å². The molecule has 0 aliphatic heterocycles. The summed E-state index contributed by atoms with van der Waals surface area (Å²) in [6, 6.07) is 5.57. The van der Waals surface area contributed by atoms with E-state index in [1.54, 1.807) is 17.1 Å². The van der Waals surface area contributed by atoms with Gasteiger partial charge in [-0.05, 0) is 42.7 Å². The molecule has 1 aromatic carbocycles. The second-order valence-corrected chi connectivity index (χ2v) is 12.1. The molecule has 0 saturated heterocycles. The third-order valence-electron chi connectivity index (χ3n) is 7.47. The zero-order valence-electron chi connectivity index (χ0n) is 28.8. The zero-order chi connectivity index (χ0) is 43.9. The van der Waals surface area contributed by atoms with Crippen molar-refractivity contribution in [2.45, 2.75) is 112 Å². The molecule has 26 heteroatoms. The number of unbranched alkanes of at least 4 members (excludes halogenated alkanes) is 5. The van der Waals surface area contributed by atoms with Gasteiger partial charge in [0.25, 0.3) is 0 Å². The Kier molecular flexibility index (Phi) is 15.9. The van der Waals surface area contributed by atoms with E-state index in [1.807, 2.05) is 0 Å². The molecule has 0 spiro atoms. The fourth-order valence-electron chi connectivity index (χ4n) is 4.24. The Hall–Kier alpha value is -3.39. The molecule has 7 nitrogen and oxygen atoms in total. The standard InChI is InChI=1S/C31H31F19N2O5/c1-2-3-4-5-6-7-8-18-13-51-22(52-14-18)19-9-11-21(12-10-19)55-16-20(53)15-54-17-23(32,33)24(34,35)28(43,44)56-30(47,48)31(49,50)57-29(45,46)26(38,39)25(36,37)27(40,41)42/h9-14,20,53H,2-8,15-17H2,1H3/t20-/m0/s1. The molecule has 0 saturated carbocycles. The number of hydrogen-bond acceptors (Lipinski definition) is 7. The Balaban J connectivity index is 1.96. The smallest absolute Gasteiger partial charge is 0.460 e. The Morgan fingerprint density at radius 1 is 0.579 bits per heavy atom. The molecule has 0 aliphatic carbocycles. The van der Waals surface area contributed by atoms with E-state index < -0.39 is 80.2 Å². The van der Waals surface area contributed by atoms with Crippen molar-refractivity contribution in [2.24, 2.45) is 0 Å². The van der Waals surface area contributed by atoms with E-state index in [4.69, 9.17) is 4.74 Å². The lowest BCUT2D eigenvalue weighted by Crippen LogP contribution is -2.65. The fraction of sp³-hybridized carbons (Fsp3) is 0.677. The summed E-state index contributed by atoms with van der Waals surface area (Å²) < 4.78 is 264. The van der Waals surface area contributed by atoms with Crippen molar-refractivity contribution in [2.75, 3.05) is 19.8 Å². The summed E-state index contributed by atoms with van der Waals surface area (Å²) >= 11 is 0. The molecule has 1 aromatic heterocycles. The van der Waals surface area contributed by atoms with Crippen LogP contribution in [-0.2, 0) is 20.6 Å².